The largest absolute Gasteiger partial charge is 0.274 e. The molecule has 4 rings (SSSR count). The number of nitrogens with one attached hydrogen (secondary N) is 1. The Kier molecular flexibility index (Phi) is 3.12. The van der Waals surface area contributed by atoms with Gasteiger partial charge >= 0.3 is 0 Å². The van der Waals surface area contributed by atoms with Crippen molar-refractivity contribution in [3.63, 3.8) is 0 Å². The second-order valence-corrected chi connectivity index (χ2v) is 5.81. The molecule has 0 aliphatic heterocycles. The molecule has 0 saturated heterocycles. The van der Waals surface area contributed by atoms with Gasteiger partial charge in [0.2, 0.25) is 0 Å². The number of rotatable bonds is 2. The Hall–Kier alpha value is -2.73. The highest BCUT2D eigenvalue weighted by Crippen LogP contribution is 2.34. The van der Waals surface area contributed by atoms with E-state index in [4.69, 9.17) is 11.6 Å². The minimum absolute atomic E-state index is 0.600. The van der Waals surface area contributed by atoms with Crippen LogP contribution in [0.25, 0.3) is 33.5 Å². The topological polar surface area (TPSA) is 72.3 Å². The second kappa shape index (κ2) is 5.17. The summed E-state index contributed by atoms with van der Waals surface area (Å²) in [6.07, 6.45) is 5.39. The Morgan fingerprint density at radius 3 is 2.83 bits per heavy atom. The Balaban J connectivity index is 1.98. The summed E-state index contributed by atoms with van der Waals surface area (Å²) in [5.41, 5.74) is 5.27. The van der Waals surface area contributed by atoms with Gasteiger partial charge in [-0.1, -0.05) is 11.6 Å². The van der Waals surface area contributed by atoms with Crippen molar-refractivity contribution in [1.82, 2.24) is 29.9 Å². The summed E-state index contributed by atoms with van der Waals surface area (Å²) in [7, 11) is 1.89. The Bertz CT molecular complexity index is 999. The zero-order valence-electron chi connectivity index (χ0n) is 12.6. The standard InChI is InChI=1S/C16H13ClN6/c1-9-5-11(12-7-19-21-16(12)20-9)13-8-23(2)22-15(13)14-4-3-10(17)6-18-14/h3-8H,1-2H3,(H,19,20,21). The van der Waals surface area contributed by atoms with Gasteiger partial charge in [0.05, 0.1) is 16.9 Å². The average Bonchev–Trinajstić information content (AvgIpc) is 3.13. The maximum Gasteiger partial charge on any atom is 0.155 e. The molecular weight excluding hydrogens is 312 g/mol. The molecule has 114 valence electrons. The van der Waals surface area contributed by atoms with E-state index in [1.165, 1.54) is 0 Å². The van der Waals surface area contributed by atoms with Crippen molar-refractivity contribution in [2.45, 2.75) is 6.92 Å². The SMILES string of the molecule is Cc1cc(-c2cn(C)nc2-c2ccc(Cl)cn2)c2cn[nH]c2n1. The number of hydrogen-bond donors (Lipinski definition) is 1. The average molecular weight is 325 g/mol. The molecule has 4 aromatic rings. The molecule has 0 spiro atoms. The Morgan fingerprint density at radius 1 is 1.17 bits per heavy atom. The van der Waals surface area contributed by atoms with Crippen LogP contribution in [0.4, 0.5) is 0 Å². The molecule has 0 aliphatic rings. The molecule has 1 N–H and O–H groups in total. The highest BCUT2D eigenvalue weighted by Gasteiger charge is 2.17. The minimum atomic E-state index is 0.600. The highest BCUT2D eigenvalue weighted by atomic mass is 35.5. The number of aryl methyl sites for hydroxylation is 2. The summed E-state index contributed by atoms with van der Waals surface area (Å²) < 4.78 is 1.78. The van der Waals surface area contributed by atoms with Crippen LogP contribution in [0.1, 0.15) is 5.69 Å². The van der Waals surface area contributed by atoms with Gasteiger partial charge in [-0.25, -0.2) is 4.98 Å². The van der Waals surface area contributed by atoms with Crippen LogP contribution in [0.3, 0.4) is 0 Å². The quantitative estimate of drug-likeness (QED) is 0.613. The number of fused-ring (bicyclic) bond motifs is 1. The van der Waals surface area contributed by atoms with E-state index >= 15 is 0 Å². The van der Waals surface area contributed by atoms with Gasteiger partial charge < -0.3 is 0 Å². The van der Waals surface area contributed by atoms with E-state index in [0.717, 1.165) is 39.2 Å². The number of halogens is 1. The van der Waals surface area contributed by atoms with Crippen LogP contribution in [0.5, 0.6) is 0 Å². The fraction of sp³-hybridized carbons (Fsp3) is 0.125. The Morgan fingerprint density at radius 2 is 2.04 bits per heavy atom. The first-order chi connectivity index (χ1) is 11.1. The van der Waals surface area contributed by atoms with Crippen molar-refractivity contribution >= 4 is 22.6 Å². The highest BCUT2D eigenvalue weighted by molar-refractivity contribution is 6.30. The van der Waals surface area contributed by atoms with E-state index in [2.05, 4.69) is 25.3 Å². The lowest BCUT2D eigenvalue weighted by Gasteiger charge is -2.05. The molecular formula is C16H13ClN6. The van der Waals surface area contributed by atoms with Gasteiger partial charge in [-0.3, -0.25) is 14.8 Å². The van der Waals surface area contributed by atoms with Gasteiger partial charge in [0, 0.05) is 36.1 Å². The molecule has 7 heteroatoms. The lowest BCUT2D eigenvalue weighted by atomic mass is 10.0. The molecule has 0 amide bonds. The third-order valence-electron chi connectivity index (χ3n) is 3.64. The van der Waals surface area contributed by atoms with Crippen LogP contribution in [0.2, 0.25) is 5.02 Å². The lowest BCUT2D eigenvalue weighted by Crippen LogP contribution is -1.90. The fourth-order valence-electron chi connectivity index (χ4n) is 2.67. The first-order valence-electron chi connectivity index (χ1n) is 7.08. The maximum absolute atomic E-state index is 5.94. The molecule has 0 fully saturated rings. The number of hydrogen-bond acceptors (Lipinski definition) is 4. The summed E-state index contributed by atoms with van der Waals surface area (Å²) in [6.45, 7) is 1.96. The van der Waals surface area contributed by atoms with Crippen LogP contribution in [-0.2, 0) is 7.05 Å². The van der Waals surface area contributed by atoms with Gasteiger partial charge in [0.1, 0.15) is 5.69 Å². The van der Waals surface area contributed by atoms with Crippen molar-refractivity contribution in [3.05, 3.63) is 47.5 Å². The molecule has 23 heavy (non-hydrogen) atoms. The van der Waals surface area contributed by atoms with E-state index in [-0.39, 0.29) is 0 Å². The molecule has 0 aliphatic carbocycles. The number of nitrogens with zero attached hydrogens (tertiary/aromatic N) is 5. The lowest BCUT2D eigenvalue weighted by molar-refractivity contribution is 0.770. The molecule has 0 bridgehead atoms. The van der Waals surface area contributed by atoms with Crippen LogP contribution in [-0.4, -0.2) is 29.9 Å². The fourth-order valence-corrected chi connectivity index (χ4v) is 2.78. The van der Waals surface area contributed by atoms with E-state index in [1.807, 2.05) is 38.4 Å². The minimum Gasteiger partial charge on any atom is -0.274 e. The van der Waals surface area contributed by atoms with E-state index in [1.54, 1.807) is 17.1 Å². The molecule has 4 heterocycles. The molecule has 0 saturated carbocycles. The van der Waals surface area contributed by atoms with Gasteiger partial charge in [-0.15, -0.1) is 0 Å². The first kappa shape index (κ1) is 13.9. The van der Waals surface area contributed by atoms with Crippen LogP contribution < -0.4 is 0 Å². The molecule has 4 aromatic heterocycles. The predicted molar refractivity (Wildman–Crippen MR) is 89.1 cm³/mol. The molecule has 0 radical (unpaired) electrons. The van der Waals surface area contributed by atoms with Crippen LogP contribution in [0, 0.1) is 6.92 Å². The molecule has 0 aromatic carbocycles. The summed E-state index contributed by atoms with van der Waals surface area (Å²) >= 11 is 5.94. The van der Waals surface area contributed by atoms with E-state index < -0.39 is 0 Å². The van der Waals surface area contributed by atoms with Gasteiger partial charge in [0.15, 0.2) is 5.65 Å². The van der Waals surface area contributed by atoms with Crippen LogP contribution in [0.15, 0.2) is 36.8 Å². The van der Waals surface area contributed by atoms with Crippen molar-refractivity contribution < 1.29 is 0 Å². The Labute approximate surface area is 137 Å². The predicted octanol–water partition coefficient (Wildman–Crippen LogP) is 3.38. The number of aromatic amines is 1. The van der Waals surface area contributed by atoms with Crippen molar-refractivity contribution in [2.75, 3.05) is 0 Å². The second-order valence-electron chi connectivity index (χ2n) is 5.37. The van der Waals surface area contributed by atoms with Crippen molar-refractivity contribution in [2.24, 2.45) is 7.05 Å². The first-order valence-corrected chi connectivity index (χ1v) is 7.46. The van der Waals surface area contributed by atoms with E-state index in [0.29, 0.717) is 5.02 Å². The van der Waals surface area contributed by atoms with Crippen molar-refractivity contribution in [1.29, 1.82) is 0 Å². The van der Waals surface area contributed by atoms with E-state index in [9.17, 15) is 0 Å². The smallest absolute Gasteiger partial charge is 0.155 e. The number of aromatic nitrogens is 6. The zero-order chi connectivity index (χ0) is 16.0. The summed E-state index contributed by atoms with van der Waals surface area (Å²) in [5, 5.41) is 13.1. The molecule has 6 nitrogen and oxygen atoms in total. The monoisotopic (exact) mass is 324 g/mol. The summed E-state index contributed by atoms with van der Waals surface area (Å²) in [5.74, 6) is 0. The number of pyridine rings is 2. The van der Waals surface area contributed by atoms with Crippen LogP contribution >= 0.6 is 11.6 Å². The maximum atomic E-state index is 5.94. The number of H-pyrrole nitrogens is 1. The van der Waals surface area contributed by atoms with Gasteiger partial charge in [-0.05, 0) is 30.7 Å². The third-order valence-corrected chi connectivity index (χ3v) is 3.86. The molecule has 0 atom stereocenters. The zero-order valence-corrected chi connectivity index (χ0v) is 13.3. The third kappa shape index (κ3) is 2.37. The molecule has 0 unspecified atom stereocenters. The van der Waals surface area contributed by atoms with Gasteiger partial charge in [-0.2, -0.15) is 10.2 Å². The summed E-state index contributed by atoms with van der Waals surface area (Å²) in [6, 6.07) is 5.72. The van der Waals surface area contributed by atoms with Gasteiger partial charge in [0.25, 0.3) is 0 Å². The summed E-state index contributed by atoms with van der Waals surface area (Å²) in [4.78, 5) is 8.86. The van der Waals surface area contributed by atoms with Crippen molar-refractivity contribution in [3.8, 4) is 22.5 Å². The normalized spacial score (nSPS) is 11.3.